The number of fused-ring (bicyclic) bond motifs is 1. The number of benzene rings is 1. The maximum Gasteiger partial charge on any atom is 0.309 e. The van der Waals surface area contributed by atoms with Crippen molar-refractivity contribution in [1.29, 1.82) is 0 Å². The Bertz CT molecular complexity index is 561. The Hall–Kier alpha value is -1.84. The van der Waals surface area contributed by atoms with Gasteiger partial charge < -0.3 is 9.64 Å². The number of nitrogens with zero attached hydrogens (tertiary/aromatic N) is 1. The van der Waals surface area contributed by atoms with E-state index in [0.717, 1.165) is 32.1 Å². The highest BCUT2D eigenvalue weighted by molar-refractivity contribution is 5.75. The Morgan fingerprint density at radius 1 is 1.09 bits per heavy atom. The molecule has 22 heavy (non-hydrogen) atoms. The maximum atomic E-state index is 12.3. The lowest BCUT2D eigenvalue weighted by Crippen LogP contribution is -2.40. The highest BCUT2D eigenvalue weighted by Gasteiger charge is 2.30. The summed E-state index contributed by atoms with van der Waals surface area (Å²) in [5.41, 5.74) is 2.68. The van der Waals surface area contributed by atoms with E-state index in [0.29, 0.717) is 13.1 Å². The number of aryl methyl sites for hydroxylation is 1. The van der Waals surface area contributed by atoms with Gasteiger partial charge >= 0.3 is 5.97 Å². The minimum absolute atomic E-state index is 0.00763. The van der Waals surface area contributed by atoms with Crippen LogP contribution in [0.3, 0.4) is 0 Å². The minimum atomic E-state index is -0.0763. The second-order valence-electron chi connectivity index (χ2n) is 6.35. The van der Waals surface area contributed by atoms with Gasteiger partial charge in [-0.25, -0.2) is 0 Å². The monoisotopic (exact) mass is 301 g/mol. The molecule has 118 valence electrons. The van der Waals surface area contributed by atoms with Gasteiger partial charge in [0, 0.05) is 26.4 Å². The number of esters is 1. The minimum Gasteiger partial charge on any atom is -0.462 e. The van der Waals surface area contributed by atoms with Crippen molar-refractivity contribution in [3.63, 3.8) is 0 Å². The number of hydrogen-bond donors (Lipinski definition) is 0. The van der Waals surface area contributed by atoms with Crippen LogP contribution in [0.4, 0.5) is 0 Å². The van der Waals surface area contributed by atoms with Crippen LogP contribution in [0, 0.1) is 5.92 Å². The second-order valence-corrected chi connectivity index (χ2v) is 6.35. The van der Waals surface area contributed by atoms with Crippen molar-refractivity contribution in [1.82, 2.24) is 4.90 Å². The summed E-state index contributed by atoms with van der Waals surface area (Å²) in [5, 5.41) is 0. The van der Waals surface area contributed by atoms with E-state index >= 15 is 0 Å². The predicted octanol–water partition coefficient (Wildman–Crippen LogP) is 2.35. The van der Waals surface area contributed by atoms with Gasteiger partial charge in [0.15, 0.2) is 0 Å². The molecule has 0 N–H and O–H groups in total. The van der Waals surface area contributed by atoms with Crippen molar-refractivity contribution in [2.75, 3.05) is 13.1 Å². The van der Waals surface area contributed by atoms with E-state index < -0.39 is 0 Å². The number of ether oxygens (including phenoxy) is 1. The van der Waals surface area contributed by atoms with Crippen molar-refractivity contribution in [2.24, 2.45) is 5.92 Å². The smallest absolute Gasteiger partial charge is 0.309 e. The molecule has 1 heterocycles. The summed E-state index contributed by atoms with van der Waals surface area (Å²) in [5.74, 6) is -0.0314. The fraction of sp³-hybridized carbons (Fsp3) is 0.556. The van der Waals surface area contributed by atoms with Crippen molar-refractivity contribution < 1.29 is 14.3 Å². The molecule has 1 aromatic rings. The summed E-state index contributed by atoms with van der Waals surface area (Å²) in [4.78, 5) is 25.5. The lowest BCUT2D eigenvalue weighted by atomic mass is 9.89. The number of likely N-dealkylation sites (tertiary alicyclic amines) is 1. The molecule has 0 radical (unpaired) electrons. The fourth-order valence-corrected chi connectivity index (χ4v) is 3.46. The van der Waals surface area contributed by atoms with Crippen LogP contribution in [-0.2, 0) is 27.2 Å². The normalized spacial score (nSPS) is 22.0. The molecule has 1 aromatic carbocycles. The Morgan fingerprint density at radius 3 is 2.45 bits per heavy atom. The Balaban J connectivity index is 1.52. The highest BCUT2D eigenvalue weighted by Crippen LogP contribution is 2.25. The second kappa shape index (κ2) is 6.51. The van der Waals surface area contributed by atoms with Gasteiger partial charge in [-0.2, -0.15) is 0 Å². The first kappa shape index (κ1) is 15.1. The Labute approximate surface area is 131 Å². The van der Waals surface area contributed by atoms with Crippen LogP contribution in [-0.4, -0.2) is 36.0 Å². The zero-order valence-electron chi connectivity index (χ0n) is 13.1. The first-order valence-electron chi connectivity index (χ1n) is 8.16. The zero-order chi connectivity index (χ0) is 15.5. The van der Waals surface area contributed by atoms with Crippen LogP contribution in [0.1, 0.15) is 37.3 Å². The average Bonchev–Trinajstić information content (AvgIpc) is 2.55. The molecule has 0 bridgehead atoms. The van der Waals surface area contributed by atoms with Crippen LogP contribution in [0.15, 0.2) is 24.3 Å². The lowest BCUT2D eigenvalue weighted by molar-refractivity contribution is -0.157. The van der Waals surface area contributed by atoms with E-state index in [1.807, 2.05) is 6.07 Å². The number of carbonyl (C=O) groups excluding carboxylic acids is 2. The zero-order valence-corrected chi connectivity index (χ0v) is 13.1. The number of amides is 1. The molecule has 0 unspecified atom stereocenters. The third-order valence-electron chi connectivity index (χ3n) is 4.86. The molecule has 1 fully saturated rings. The van der Waals surface area contributed by atoms with Crippen LogP contribution in [0.2, 0.25) is 0 Å². The maximum absolute atomic E-state index is 12.3. The summed E-state index contributed by atoms with van der Waals surface area (Å²) >= 11 is 0. The number of piperidine rings is 1. The topological polar surface area (TPSA) is 46.6 Å². The summed E-state index contributed by atoms with van der Waals surface area (Å²) in [7, 11) is 0. The van der Waals surface area contributed by atoms with Crippen molar-refractivity contribution >= 4 is 11.9 Å². The van der Waals surface area contributed by atoms with Crippen LogP contribution in [0.25, 0.3) is 0 Å². The first-order chi connectivity index (χ1) is 10.6. The Morgan fingerprint density at radius 2 is 1.77 bits per heavy atom. The molecule has 1 atom stereocenters. The van der Waals surface area contributed by atoms with Crippen molar-refractivity contribution in [3.05, 3.63) is 35.4 Å². The highest BCUT2D eigenvalue weighted by atomic mass is 16.5. The van der Waals surface area contributed by atoms with Gasteiger partial charge in [0.25, 0.3) is 0 Å². The molecule has 0 aromatic heterocycles. The van der Waals surface area contributed by atoms with E-state index in [1.54, 1.807) is 11.8 Å². The number of rotatable bonds is 2. The molecule has 1 saturated heterocycles. The number of hydrogen-bond acceptors (Lipinski definition) is 3. The van der Waals surface area contributed by atoms with Gasteiger partial charge in [0.1, 0.15) is 6.10 Å². The average molecular weight is 301 g/mol. The SMILES string of the molecule is CC(=O)N1CCC(C(=O)O[C@@H]2CCc3ccccc3C2)CC1. The van der Waals surface area contributed by atoms with Crippen LogP contribution >= 0.6 is 0 Å². The van der Waals surface area contributed by atoms with E-state index in [2.05, 4.69) is 18.2 Å². The molecule has 1 aliphatic heterocycles. The molecule has 4 heteroatoms. The first-order valence-corrected chi connectivity index (χ1v) is 8.16. The summed E-state index contributed by atoms with van der Waals surface area (Å²) in [6.45, 7) is 2.92. The Kier molecular flexibility index (Phi) is 4.46. The van der Waals surface area contributed by atoms with Gasteiger partial charge in [-0.05, 0) is 36.8 Å². The molecule has 0 saturated carbocycles. The third-order valence-corrected chi connectivity index (χ3v) is 4.86. The van der Waals surface area contributed by atoms with E-state index in [-0.39, 0.29) is 23.9 Å². The van der Waals surface area contributed by atoms with E-state index in [9.17, 15) is 9.59 Å². The van der Waals surface area contributed by atoms with Gasteiger partial charge in [-0.1, -0.05) is 24.3 Å². The third kappa shape index (κ3) is 3.32. The van der Waals surface area contributed by atoms with Crippen LogP contribution < -0.4 is 0 Å². The molecule has 2 aliphatic rings. The molecule has 1 amide bonds. The largest absolute Gasteiger partial charge is 0.462 e. The van der Waals surface area contributed by atoms with Gasteiger partial charge in [-0.15, -0.1) is 0 Å². The summed E-state index contributed by atoms with van der Waals surface area (Å²) in [6.07, 6.45) is 4.18. The quantitative estimate of drug-likeness (QED) is 0.788. The predicted molar refractivity (Wildman–Crippen MR) is 83.3 cm³/mol. The van der Waals surface area contributed by atoms with Gasteiger partial charge in [-0.3, -0.25) is 9.59 Å². The van der Waals surface area contributed by atoms with Crippen molar-refractivity contribution in [2.45, 2.75) is 45.1 Å². The summed E-state index contributed by atoms with van der Waals surface area (Å²) < 4.78 is 5.74. The number of carbonyl (C=O) groups is 2. The van der Waals surface area contributed by atoms with E-state index in [4.69, 9.17) is 4.74 Å². The molecule has 4 nitrogen and oxygen atoms in total. The lowest BCUT2D eigenvalue weighted by Gasteiger charge is -2.32. The van der Waals surface area contributed by atoms with E-state index in [1.165, 1.54) is 11.1 Å². The standard InChI is InChI=1S/C18H23NO3/c1-13(20)19-10-8-15(9-11-19)18(21)22-17-7-6-14-4-2-3-5-16(14)12-17/h2-5,15,17H,6-12H2,1H3/t17-/m1/s1. The molecule has 1 aliphatic carbocycles. The van der Waals surface area contributed by atoms with Crippen LogP contribution in [0.5, 0.6) is 0 Å². The molecule has 0 spiro atoms. The molecular weight excluding hydrogens is 278 g/mol. The summed E-state index contributed by atoms with van der Waals surface area (Å²) in [6, 6.07) is 8.39. The van der Waals surface area contributed by atoms with Crippen molar-refractivity contribution in [3.8, 4) is 0 Å². The fourth-order valence-electron chi connectivity index (χ4n) is 3.46. The molecular formula is C18H23NO3. The van der Waals surface area contributed by atoms with Gasteiger partial charge in [0.2, 0.25) is 5.91 Å². The molecule has 3 rings (SSSR count). The van der Waals surface area contributed by atoms with Gasteiger partial charge in [0.05, 0.1) is 5.92 Å².